The number of halogens is 1. The summed E-state index contributed by atoms with van der Waals surface area (Å²) in [5.41, 5.74) is 3.85. The Labute approximate surface area is 179 Å². The van der Waals surface area contributed by atoms with Crippen LogP contribution in [-0.2, 0) is 24.2 Å². The Bertz CT molecular complexity index is 790. The van der Waals surface area contributed by atoms with Crippen LogP contribution >= 0.6 is 11.6 Å². The summed E-state index contributed by atoms with van der Waals surface area (Å²) in [4.78, 5) is 6.80. The number of ether oxygens (including phenoxy) is 1. The van der Waals surface area contributed by atoms with Crippen LogP contribution in [0.15, 0.2) is 53.5 Å². The summed E-state index contributed by atoms with van der Waals surface area (Å²) in [6, 6.07) is 16.6. The van der Waals surface area contributed by atoms with Gasteiger partial charge in [0, 0.05) is 44.8 Å². The van der Waals surface area contributed by atoms with Gasteiger partial charge in [0.1, 0.15) is 0 Å². The molecule has 1 saturated heterocycles. The zero-order chi connectivity index (χ0) is 20.3. The molecule has 29 heavy (non-hydrogen) atoms. The summed E-state index contributed by atoms with van der Waals surface area (Å²) < 4.78 is 5.46. The third kappa shape index (κ3) is 7.03. The standard InChI is InChI=1S/C23H31ClN4O/c1-25-23(26-12-6-10-19-7-4-5-11-22(19)24)27-17-20-8-2-3-9-21(20)18-28-13-15-29-16-14-28/h2-5,7-9,11H,6,10,12-18H2,1H3,(H2,25,26,27). The van der Waals surface area contributed by atoms with E-state index >= 15 is 0 Å². The average molecular weight is 415 g/mol. The van der Waals surface area contributed by atoms with E-state index in [1.807, 2.05) is 25.2 Å². The van der Waals surface area contributed by atoms with Gasteiger partial charge in [-0.1, -0.05) is 54.1 Å². The van der Waals surface area contributed by atoms with E-state index < -0.39 is 0 Å². The molecule has 1 aliphatic heterocycles. The van der Waals surface area contributed by atoms with Gasteiger partial charge in [-0.05, 0) is 35.6 Å². The Morgan fingerprint density at radius 3 is 2.41 bits per heavy atom. The fraction of sp³-hybridized carbons (Fsp3) is 0.435. The monoisotopic (exact) mass is 414 g/mol. The largest absolute Gasteiger partial charge is 0.379 e. The molecule has 0 bridgehead atoms. The van der Waals surface area contributed by atoms with Crippen molar-refractivity contribution in [3.8, 4) is 0 Å². The number of nitrogens with zero attached hydrogens (tertiary/aromatic N) is 2. The number of aliphatic imine (C=N–C) groups is 1. The van der Waals surface area contributed by atoms with Crippen molar-refractivity contribution < 1.29 is 4.74 Å². The van der Waals surface area contributed by atoms with Gasteiger partial charge in [0.2, 0.25) is 0 Å². The highest BCUT2D eigenvalue weighted by atomic mass is 35.5. The highest BCUT2D eigenvalue weighted by molar-refractivity contribution is 6.31. The zero-order valence-corrected chi connectivity index (χ0v) is 17.9. The first kappa shape index (κ1) is 21.6. The first-order valence-electron chi connectivity index (χ1n) is 10.3. The Balaban J connectivity index is 1.45. The molecule has 0 aliphatic carbocycles. The maximum Gasteiger partial charge on any atom is 0.191 e. The zero-order valence-electron chi connectivity index (χ0n) is 17.2. The van der Waals surface area contributed by atoms with Crippen LogP contribution in [0.4, 0.5) is 0 Å². The minimum Gasteiger partial charge on any atom is -0.379 e. The fourth-order valence-corrected chi connectivity index (χ4v) is 3.70. The highest BCUT2D eigenvalue weighted by Gasteiger charge is 2.12. The van der Waals surface area contributed by atoms with E-state index in [4.69, 9.17) is 16.3 Å². The number of nitrogens with one attached hydrogen (secondary N) is 2. The van der Waals surface area contributed by atoms with Gasteiger partial charge < -0.3 is 15.4 Å². The summed E-state index contributed by atoms with van der Waals surface area (Å²) in [5, 5.41) is 7.68. The van der Waals surface area contributed by atoms with Gasteiger partial charge in [-0.25, -0.2) is 0 Å². The molecule has 0 atom stereocenters. The normalized spacial score (nSPS) is 15.3. The summed E-state index contributed by atoms with van der Waals surface area (Å²) in [7, 11) is 1.81. The van der Waals surface area contributed by atoms with Crippen molar-refractivity contribution in [2.75, 3.05) is 39.9 Å². The molecule has 5 nitrogen and oxygen atoms in total. The number of guanidine groups is 1. The Hall–Kier alpha value is -2.08. The molecule has 6 heteroatoms. The minimum atomic E-state index is 0.755. The van der Waals surface area contributed by atoms with Crippen molar-refractivity contribution in [3.63, 3.8) is 0 Å². The molecular weight excluding hydrogens is 384 g/mol. The van der Waals surface area contributed by atoms with Crippen molar-refractivity contribution in [2.45, 2.75) is 25.9 Å². The number of hydrogen-bond acceptors (Lipinski definition) is 3. The molecule has 1 fully saturated rings. The molecule has 1 aliphatic rings. The van der Waals surface area contributed by atoms with Crippen molar-refractivity contribution in [1.29, 1.82) is 0 Å². The second-order valence-corrected chi connectivity index (χ2v) is 7.61. The minimum absolute atomic E-state index is 0.755. The molecule has 0 radical (unpaired) electrons. The van der Waals surface area contributed by atoms with Crippen LogP contribution in [0.2, 0.25) is 5.02 Å². The predicted octanol–water partition coefficient (Wildman–Crippen LogP) is 3.47. The molecule has 0 aromatic heterocycles. The predicted molar refractivity (Wildman–Crippen MR) is 121 cm³/mol. The third-order valence-corrected chi connectivity index (χ3v) is 5.53. The van der Waals surface area contributed by atoms with E-state index in [9.17, 15) is 0 Å². The first-order valence-corrected chi connectivity index (χ1v) is 10.7. The highest BCUT2D eigenvalue weighted by Crippen LogP contribution is 2.16. The molecule has 0 unspecified atom stereocenters. The lowest BCUT2D eigenvalue weighted by molar-refractivity contribution is 0.0341. The van der Waals surface area contributed by atoms with E-state index in [1.165, 1.54) is 16.7 Å². The molecule has 0 saturated carbocycles. The lowest BCUT2D eigenvalue weighted by Crippen LogP contribution is -2.38. The molecule has 2 aromatic carbocycles. The van der Waals surface area contributed by atoms with Crippen molar-refractivity contribution >= 4 is 17.6 Å². The number of rotatable bonds is 8. The second kappa shape index (κ2) is 11.8. The van der Waals surface area contributed by atoms with Gasteiger partial charge in [-0.2, -0.15) is 0 Å². The number of morpholine rings is 1. The van der Waals surface area contributed by atoms with Crippen LogP contribution < -0.4 is 10.6 Å². The second-order valence-electron chi connectivity index (χ2n) is 7.20. The van der Waals surface area contributed by atoms with Crippen LogP contribution in [0.3, 0.4) is 0 Å². The Morgan fingerprint density at radius 2 is 1.69 bits per heavy atom. The van der Waals surface area contributed by atoms with Crippen molar-refractivity contribution in [1.82, 2.24) is 15.5 Å². The maximum atomic E-state index is 6.23. The molecule has 3 rings (SSSR count). The molecular formula is C23H31ClN4O. The molecule has 0 amide bonds. The third-order valence-electron chi connectivity index (χ3n) is 5.16. The van der Waals surface area contributed by atoms with E-state index in [-0.39, 0.29) is 0 Å². The van der Waals surface area contributed by atoms with Gasteiger partial charge in [0.25, 0.3) is 0 Å². The Morgan fingerprint density at radius 1 is 1.00 bits per heavy atom. The molecule has 2 aromatic rings. The topological polar surface area (TPSA) is 48.9 Å². The van der Waals surface area contributed by atoms with Crippen molar-refractivity contribution in [2.24, 2.45) is 4.99 Å². The van der Waals surface area contributed by atoms with Crippen molar-refractivity contribution in [3.05, 3.63) is 70.2 Å². The van der Waals surface area contributed by atoms with Gasteiger partial charge in [-0.15, -0.1) is 0 Å². The average Bonchev–Trinajstić information content (AvgIpc) is 2.76. The molecule has 1 heterocycles. The van der Waals surface area contributed by atoms with Gasteiger partial charge >= 0.3 is 0 Å². The first-order chi connectivity index (χ1) is 14.3. The smallest absolute Gasteiger partial charge is 0.191 e. The summed E-state index contributed by atoms with van der Waals surface area (Å²) in [5.74, 6) is 0.824. The quantitative estimate of drug-likeness (QED) is 0.394. The van der Waals surface area contributed by atoms with E-state index in [2.05, 4.69) is 50.9 Å². The van der Waals surface area contributed by atoms with Gasteiger partial charge in [-0.3, -0.25) is 9.89 Å². The summed E-state index contributed by atoms with van der Waals surface area (Å²) in [6.45, 7) is 6.21. The van der Waals surface area contributed by atoms with Crippen LogP contribution in [0, 0.1) is 0 Å². The van der Waals surface area contributed by atoms with E-state index in [0.29, 0.717) is 0 Å². The van der Waals surface area contributed by atoms with Crippen LogP contribution in [-0.4, -0.2) is 50.8 Å². The van der Waals surface area contributed by atoms with Crippen LogP contribution in [0.5, 0.6) is 0 Å². The summed E-state index contributed by atoms with van der Waals surface area (Å²) in [6.07, 6.45) is 1.95. The SMILES string of the molecule is CN=C(NCCCc1ccccc1Cl)NCc1ccccc1CN1CCOCC1. The van der Waals surface area contributed by atoms with Crippen LogP contribution in [0.25, 0.3) is 0 Å². The number of hydrogen-bond donors (Lipinski definition) is 2. The van der Waals surface area contributed by atoms with Gasteiger partial charge in [0.15, 0.2) is 5.96 Å². The van der Waals surface area contributed by atoms with E-state index in [0.717, 1.165) is 69.8 Å². The number of aryl methyl sites for hydroxylation is 1. The molecule has 156 valence electrons. The molecule has 0 spiro atoms. The molecule has 2 N–H and O–H groups in total. The van der Waals surface area contributed by atoms with Crippen LogP contribution in [0.1, 0.15) is 23.1 Å². The number of benzene rings is 2. The lowest BCUT2D eigenvalue weighted by atomic mass is 10.1. The van der Waals surface area contributed by atoms with Gasteiger partial charge in [0.05, 0.1) is 13.2 Å². The Kier molecular flexibility index (Phi) is 8.81. The maximum absolute atomic E-state index is 6.23. The lowest BCUT2D eigenvalue weighted by Gasteiger charge is -2.27. The fourth-order valence-electron chi connectivity index (χ4n) is 3.47. The van der Waals surface area contributed by atoms with E-state index in [1.54, 1.807) is 0 Å². The summed E-state index contributed by atoms with van der Waals surface area (Å²) >= 11 is 6.23.